The maximum absolute atomic E-state index is 13.0. The molecule has 2 amide bonds. The van der Waals surface area contributed by atoms with Gasteiger partial charge < -0.3 is 9.64 Å². The highest BCUT2D eigenvalue weighted by atomic mass is 19.4. The van der Waals surface area contributed by atoms with Crippen molar-refractivity contribution in [3.8, 4) is 0 Å². The van der Waals surface area contributed by atoms with Gasteiger partial charge in [0.15, 0.2) is 0 Å². The van der Waals surface area contributed by atoms with Gasteiger partial charge in [0.25, 0.3) is 0 Å². The molecule has 1 fully saturated rings. The van der Waals surface area contributed by atoms with Crippen LogP contribution in [0.1, 0.15) is 39.2 Å². The SMILES string of the molecule is CC(C)(C)OC(=O)N1CCC(C(=O)NNc2ccccc2C(F)(F)F)CC1. The number of carbonyl (C=O) groups excluding carboxylic acids is 2. The highest BCUT2D eigenvalue weighted by Gasteiger charge is 2.34. The summed E-state index contributed by atoms with van der Waals surface area (Å²) in [7, 11) is 0. The van der Waals surface area contributed by atoms with Gasteiger partial charge in [0, 0.05) is 19.0 Å². The molecule has 0 saturated carbocycles. The van der Waals surface area contributed by atoms with Crippen LogP contribution >= 0.6 is 0 Å². The number of hydrogen-bond donors (Lipinski definition) is 2. The quantitative estimate of drug-likeness (QED) is 0.774. The highest BCUT2D eigenvalue weighted by Crippen LogP contribution is 2.34. The van der Waals surface area contributed by atoms with E-state index in [0.717, 1.165) is 6.07 Å². The molecule has 1 heterocycles. The van der Waals surface area contributed by atoms with Crippen LogP contribution in [-0.4, -0.2) is 35.6 Å². The van der Waals surface area contributed by atoms with Crippen molar-refractivity contribution in [3.63, 3.8) is 0 Å². The number of ether oxygens (including phenoxy) is 1. The van der Waals surface area contributed by atoms with Crippen molar-refractivity contribution in [2.75, 3.05) is 18.5 Å². The number of anilines is 1. The van der Waals surface area contributed by atoms with E-state index in [1.807, 2.05) is 0 Å². The van der Waals surface area contributed by atoms with Gasteiger partial charge in [0.1, 0.15) is 5.60 Å². The summed E-state index contributed by atoms with van der Waals surface area (Å²) in [6.45, 7) is 6.03. The van der Waals surface area contributed by atoms with Crippen LogP contribution in [0, 0.1) is 5.92 Å². The van der Waals surface area contributed by atoms with E-state index in [9.17, 15) is 22.8 Å². The molecule has 0 radical (unpaired) electrons. The van der Waals surface area contributed by atoms with E-state index in [4.69, 9.17) is 4.74 Å². The first-order valence-corrected chi connectivity index (χ1v) is 8.67. The summed E-state index contributed by atoms with van der Waals surface area (Å²) >= 11 is 0. The molecule has 0 spiro atoms. The van der Waals surface area contributed by atoms with Gasteiger partial charge in [-0.1, -0.05) is 12.1 Å². The molecule has 0 aromatic heterocycles. The zero-order valence-electron chi connectivity index (χ0n) is 15.5. The Morgan fingerprint density at radius 1 is 1.11 bits per heavy atom. The topological polar surface area (TPSA) is 70.7 Å². The Labute approximate surface area is 156 Å². The predicted octanol–water partition coefficient (Wildman–Crippen LogP) is 3.80. The Hall–Kier alpha value is -2.45. The standard InChI is InChI=1S/C18H24F3N3O3/c1-17(2,3)27-16(26)24-10-8-12(9-11-24)15(25)23-22-14-7-5-4-6-13(14)18(19,20)21/h4-7,12,22H,8-11H2,1-3H3,(H,23,25). The van der Waals surface area contributed by atoms with Crippen molar-refractivity contribution in [2.45, 2.75) is 45.4 Å². The van der Waals surface area contributed by atoms with Crippen molar-refractivity contribution in [3.05, 3.63) is 29.8 Å². The number of benzene rings is 1. The van der Waals surface area contributed by atoms with Gasteiger partial charge in [-0.25, -0.2) is 4.79 Å². The molecule has 1 aromatic rings. The third-order valence-electron chi connectivity index (χ3n) is 4.07. The molecule has 6 nitrogen and oxygen atoms in total. The Balaban J connectivity index is 1.86. The molecule has 1 saturated heterocycles. The van der Waals surface area contributed by atoms with E-state index >= 15 is 0 Å². The number of likely N-dealkylation sites (tertiary alicyclic amines) is 1. The lowest BCUT2D eigenvalue weighted by atomic mass is 9.96. The minimum Gasteiger partial charge on any atom is -0.444 e. The molecule has 150 valence electrons. The van der Waals surface area contributed by atoms with Crippen LogP contribution in [-0.2, 0) is 15.7 Å². The Bertz CT molecular complexity index is 678. The molecule has 0 aliphatic carbocycles. The minimum absolute atomic E-state index is 0.218. The number of rotatable bonds is 3. The van der Waals surface area contributed by atoms with E-state index in [2.05, 4.69) is 10.9 Å². The molecule has 2 N–H and O–H groups in total. The molecule has 0 bridgehead atoms. The Morgan fingerprint density at radius 3 is 2.26 bits per heavy atom. The summed E-state index contributed by atoms with van der Waals surface area (Å²) < 4.78 is 44.2. The summed E-state index contributed by atoms with van der Waals surface area (Å²) in [4.78, 5) is 25.8. The van der Waals surface area contributed by atoms with Crippen LogP contribution in [0.15, 0.2) is 24.3 Å². The first-order chi connectivity index (χ1) is 12.5. The molecule has 2 rings (SSSR count). The monoisotopic (exact) mass is 387 g/mol. The average molecular weight is 387 g/mol. The number of nitrogens with one attached hydrogen (secondary N) is 2. The number of amides is 2. The zero-order valence-corrected chi connectivity index (χ0v) is 15.5. The highest BCUT2D eigenvalue weighted by molar-refractivity contribution is 5.80. The normalized spacial score (nSPS) is 16.0. The van der Waals surface area contributed by atoms with Gasteiger partial charge in [-0.15, -0.1) is 0 Å². The number of hydrogen-bond acceptors (Lipinski definition) is 4. The van der Waals surface area contributed by atoms with Crippen molar-refractivity contribution < 1.29 is 27.5 Å². The molecule has 1 aliphatic heterocycles. The maximum Gasteiger partial charge on any atom is 0.418 e. The third kappa shape index (κ3) is 6.04. The fraction of sp³-hybridized carbons (Fsp3) is 0.556. The third-order valence-corrected chi connectivity index (χ3v) is 4.07. The lowest BCUT2D eigenvalue weighted by Crippen LogP contribution is -2.45. The van der Waals surface area contributed by atoms with E-state index in [0.29, 0.717) is 25.9 Å². The van der Waals surface area contributed by atoms with Crippen LogP contribution in [0.25, 0.3) is 0 Å². The van der Waals surface area contributed by atoms with Gasteiger partial charge in [-0.05, 0) is 45.7 Å². The van der Waals surface area contributed by atoms with Gasteiger partial charge >= 0.3 is 12.3 Å². The van der Waals surface area contributed by atoms with E-state index in [1.54, 1.807) is 20.8 Å². The van der Waals surface area contributed by atoms with Crippen LogP contribution in [0.2, 0.25) is 0 Å². The summed E-state index contributed by atoms with van der Waals surface area (Å²) in [5.74, 6) is -0.801. The van der Waals surface area contributed by atoms with Gasteiger partial charge in [-0.3, -0.25) is 15.6 Å². The maximum atomic E-state index is 13.0. The predicted molar refractivity (Wildman–Crippen MR) is 93.7 cm³/mol. The Kier molecular flexibility index (Phi) is 6.22. The molecule has 27 heavy (non-hydrogen) atoms. The number of piperidine rings is 1. The molecule has 1 aromatic carbocycles. The second-order valence-corrected chi connectivity index (χ2v) is 7.40. The number of hydrazine groups is 1. The number of alkyl halides is 3. The molecule has 0 unspecified atom stereocenters. The Morgan fingerprint density at radius 2 is 1.70 bits per heavy atom. The lowest BCUT2D eigenvalue weighted by Gasteiger charge is -2.33. The second-order valence-electron chi connectivity index (χ2n) is 7.40. The van der Waals surface area contributed by atoms with Crippen molar-refractivity contribution in [1.82, 2.24) is 10.3 Å². The van der Waals surface area contributed by atoms with E-state index in [1.165, 1.54) is 23.1 Å². The zero-order chi connectivity index (χ0) is 20.2. The lowest BCUT2D eigenvalue weighted by molar-refractivity contribution is -0.137. The number of para-hydroxylation sites is 1. The first kappa shape index (κ1) is 20.9. The summed E-state index contributed by atoms with van der Waals surface area (Å²) in [5, 5.41) is 0. The fourth-order valence-corrected chi connectivity index (χ4v) is 2.72. The summed E-state index contributed by atoms with van der Waals surface area (Å²) in [6, 6.07) is 4.91. The second kappa shape index (κ2) is 8.06. The molecule has 9 heteroatoms. The van der Waals surface area contributed by atoms with Crippen molar-refractivity contribution >= 4 is 17.7 Å². The van der Waals surface area contributed by atoms with E-state index in [-0.39, 0.29) is 5.69 Å². The molecular formula is C18H24F3N3O3. The van der Waals surface area contributed by atoms with Crippen LogP contribution in [0.4, 0.5) is 23.7 Å². The largest absolute Gasteiger partial charge is 0.444 e. The van der Waals surface area contributed by atoms with Crippen molar-refractivity contribution in [2.24, 2.45) is 5.92 Å². The smallest absolute Gasteiger partial charge is 0.418 e. The van der Waals surface area contributed by atoms with Gasteiger partial charge in [0.05, 0.1) is 11.3 Å². The molecular weight excluding hydrogens is 363 g/mol. The minimum atomic E-state index is -4.52. The summed E-state index contributed by atoms with van der Waals surface area (Å²) in [5.41, 5.74) is 3.03. The van der Waals surface area contributed by atoms with Crippen LogP contribution < -0.4 is 10.9 Å². The fourth-order valence-electron chi connectivity index (χ4n) is 2.72. The average Bonchev–Trinajstić information content (AvgIpc) is 2.58. The molecule has 1 aliphatic rings. The van der Waals surface area contributed by atoms with E-state index < -0.39 is 35.3 Å². The number of halogens is 3. The van der Waals surface area contributed by atoms with Gasteiger partial charge in [0.2, 0.25) is 5.91 Å². The number of carbonyl (C=O) groups is 2. The number of nitrogens with zero attached hydrogens (tertiary/aromatic N) is 1. The van der Waals surface area contributed by atoms with Crippen LogP contribution in [0.5, 0.6) is 0 Å². The molecule has 0 atom stereocenters. The first-order valence-electron chi connectivity index (χ1n) is 8.67. The summed E-state index contributed by atoms with van der Waals surface area (Å²) in [6.07, 6.45) is -4.13. The van der Waals surface area contributed by atoms with Crippen molar-refractivity contribution in [1.29, 1.82) is 0 Å². The van der Waals surface area contributed by atoms with Gasteiger partial charge in [-0.2, -0.15) is 13.2 Å². The van der Waals surface area contributed by atoms with Crippen LogP contribution in [0.3, 0.4) is 0 Å².